The number of amides is 2. The van der Waals surface area contributed by atoms with Crippen molar-refractivity contribution in [2.75, 3.05) is 11.4 Å². The highest BCUT2D eigenvalue weighted by atomic mass is 19.1. The Hall–Kier alpha value is -2.44. The van der Waals surface area contributed by atoms with Crippen molar-refractivity contribution in [2.24, 2.45) is 5.92 Å². The van der Waals surface area contributed by atoms with Crippen molar-refractivity contribution in [1.82, 2.24) is 5.32 Å². The Morgan fingerprint density at radius 3 is 2.54 bits per heavy atom. The highest BCUT2D eigenvalue weighted by Crippen LogP contribution is 2.48. The number of benzene rings is 1. The van der Waals surface area contributed by atoms with Crippen LogP contribution in [0.4, 0.5) is 10.1 Å². The van der Waals surface area contributed by atoms with Crippen molar-refractivity contribution in [1.29, 1.82) is 0 Å². The molecule has 0 saturated heterocycles. The van der Waals surface area contributed by atoms with Crippen LogP contribution in [-0.4, -0.2) is 35.5 Å². The molecule has 0 radical (unpaired) electrons. The number of carboxylic acids is 1. The lowest BCUT2D eigenvalue weighted by Crippen LogP contribution is -2.46. The van der Waals surface area contributed by atoms with Gasteiger partial charge in [0.1, 0.15) is 12.4 Å². The monoisotopic (exact) mass is 390 g/mol. The van der Waals surface area contributed by atoms with E-state index in [-0.39, 0.29) is 42.6 Å². The fraction of sp³-hybridized carbons (Fsp3) is 0.571. The molecule has 1 aromatic rings. The standard InChI is InChI=1S/C21H27FN2O4/c1-11(9-17(26)27)12(2)23-16(25)10-24-15-8-7-14(13-5-6-13)19(22)18(15)21(3,4)20(24)28/h7-8,11-13H,5-6,9-10H2,1-4H3,(H,23,25)(H,26,27)/t11-,12+/m1/s1. The smallest absolute Gasteiger partial charge is 0.303 e. The summed E-state index contributed by atoms with van der Waals surface area (Å²) in [7, 11) is 0. The summed E-state index contributed by atoms with van der Waals surface area (Å²) in [6, 6.07) is 3.11. The van der Waals surface area contributed by atoms with Gasteiger partial charge in [-0.3, -0.25) is 14.4 Å². The molecule has 0 aromatic heterocycles. The number of carboxylic acid groups (broad SMARTS) is 1. The van der Waals surface area contributed by atoms with E-state index in [2.05, 4.69) is 5.32 Å². The Labute approximate surface area is 164 Å². The first-order valence-corrected chi connectivity index (χ1v) is 9.70. The maximum atomic E-state index is 15.1. The number of rotatable bonds is 7. The lowest BCUT2D eigenvalue weighted by molar-refractivity contribution is -0.138. The van der Waals surface area contributed by atoms with Crippen LogP contribution < -0.4 is 10.2 Å². The second-order valence-electron chi connectivity index (χ2n) is 8.58. The lowest BCUT2D eigenvalue weighted by atomic mass is 9.84. The normalized spacial score (nSPS) is 19.9. The predicted octanol–water partition coefficient (Wildman–Crippen LogP) is 2.94. The van der Waals surface area contributed by atoms with Crippen molar-refractivity contribution in [2.45, 2.75) is 64.3 Å². The van der Waals surface area contributed by atoms with E-state index < -0.39 is 17.3 Å². The van der Waals surface area contributed by atoms with E-state index in [9.17, 15) is 14.4 Å². The van der Waals surface area contributed by atoms with Gasteiger partial charge in [-0.1, -0.05) is 13.0 Å². The van der Waals surface area contributed by atoms with Crippen LogP contribution in [0.25, 0.3) is 0 Å². The quantitative estimate of drug-likeness (QED) is 0.749. The second-order valence-corrected chi connectivity index (χ2v) is 8.58. The molecule has 0 unspecified atom stereocenters. The van der Waals surface area contributed by atoms with E-state index in [4.69, 9.17) is 5.11 Å². The van der Waals surface area contributed by atoms with E-state index in [1.807, 2.05) is 0 Å². The van der Waals surface area contributed by atoms with Crippen molar-refractivity contribution in [3.8, 4) is 0 Å². The van der Waals surface area contributed by atoms with E-state index in [1.165, 1.54) is 4.90 Å². The molecule has 1 heterocycles. The van der Waals surface area contributed by atoms with Crippen LogP contribution >= 0.6 is 0 Å². The molecule has 28 heavy (non-hydrogen) atoms. The summed E-state index contributed by atoms with van der Waals surface area (Å²) in [5.74, 6) is -1.99. The average molecular weight is 390 g/mol. The lowest BCUT2D eigenvalue weighted by Gasteiger charge is -2.23. The van der Waals surface area contributed by atoms with Crippen molar-refractivity contribution >= 4 is 23.5 Å². The first-order chi connectivity index (χ1) is 13.0. The fourth-order valence-corrected chi connectivity index (χ4v) is 3.86. The molecular weight excluding hydrogens is 363 g/mol. The maximum Gasteiger partial charge on any atom is 0.303 e. The highest BCUT2D eigenvalue weighted by molar-refractivity contribution is 6.10. The number of nitrogens with zero attached hydrogens (tertiary/aromatic N) is 1. The SMILES string of the molecule is C[C@H](CC(=O)O)[C@H](C)NC(=O)CN1C(=O)C(C)(C)c2c1ccc(C1CC1)c2F. The van der Waals surface area contributed by atoms with Crippen LogP contribution in [0.5, 0.6) is 0 Å². The number of hydrogen-bond acceptors (Lipinski definition) is 3. The molecule has 3 rings (SSSR count). The number of carbonyl (C=O) groups is 3. The van der Waals surface area contributed by atoms with Gasteiger partial charge in [-0.25, -0.2) is 4.39 Å². The van der Waals surface area contributed by atoms with Crippen LogP contribution in [0.2, 0.25) is 0 Å². The average Bonchev–Trinajstić information content (AvgIpc) is 3.39. The van der Waals surface area contributed by atoms with E-state index >= 15 is 4.39 Å². The molecule has 1 fully saturated rings. The first kappa shape index (κ1) is 20.3. The van der Waals surface area contributed by atoms with Gasteiger partial charge in [0.15, 0.2) is 0 Å². The molecule has 2 N–H and O–H groups in total. The van der Waals surface area contributed by atoms with E-state index in [1.54, 1.807) is 39.8 Å². The van der Waals surface area contributed by atoms with Crippen LogP contribution in [0.3, 0.4) is 0 Å². The second kappa shape index (κ2) is 7.18. The summed E-state index contributed by atoms with van der Waals surface area (Å²) in [5.41, 5.74) is 0.426. The van der Waals surface area contributed by atoms with Crippen molar-refractivity contribution in [3.63, 3.8) is 0 Å². The number of anilines is 1. The number of nitrogens with one attached hydrogen (secondary N) is 1. The first-order valence-electron chi connectivity index (χ1n) is 9.70. The molecule has 2 aliphatic rings. The number of aliphatic carboxylic acids is 1. The van der Waals surface area contributed by atoms with Crippen LogP contribution in [0.15, 0.2) is 12.1 Å². The number of hydrogen-bond donors (Lipinski definition) is 2. The van der Waals surface area contributed by atoms with Gasteiger partial charge < -0.3 is 15.3 Å². The molecule has 7 heteroatoms. The number of fused-ring (bicyclic) bond motifs is 1. The fourth-order valence-electron chi connectivity index (χ4n) is 3.86. The summed E-state index contributed by atoms with van der Waals surface area (Å²) in [6.45, 7) is 6.62. The van der Waals surface area contributed by atoms with Gasteiger partial charge in [-0.15, -0.1) is 0 Å². The van der Waals surface area contributed by atoms with Crippen molar-refractivity contribution < 1.29 is 23.9 Å². The third-order valence-electron chi connectivity index (χ3n) is 5.90. The van der Waals surface area contributed by atoms with Crippen LogP contribution in [0, 0.1) is 11.7 Å². The molecule has 1 aliphatic heterocycles. The molecule has 152 valence electrons. The summed E-state index contributed by atoms with van der Waals surface area (Å²) in [4.78, 5) is 37.6. The zero-order valence-electron chi connectivity index (χ0n) is 16.7. The minimum atomic E-state index is -1.03. The van der Waals surface area contributed by atoms with Gasteiger partial charge in [0.05, 0.1) is 11.1 Å². The molecule has 6 nitrogen and oxygen atoms in total. The Bertz CT molecular complexity index is 832. The molecule has 0 spiro atoms. The van der Waals surface area contributed by atoms with Crippen LogP contribution in [0.1, 0.15) is 64.0 Å². The maximum absolute atomic E-state index is 15.1. The van der Waals surface area contributed by atoms with Gasteiger partial charge in [-0.2, -0.15) is 0 Å². The van der Waals surface area contributed by atoms with Crippen LogP contribution in [-0.2, 0) is 19.8 Å². The Balaban J connectivity index is 1.79. The number of halogens is 1. The predicted molar refractivity (Wildman–Crippen MR) is 103 cm³/mol. The van der Waals surface area contributed by atoms with E-state index in [0.717, 1.165) is 12.8 Å². The largest absolute Gasteiger partial charge is 0.481 e. The zero-order chi connectivity index (χ0) is 20.8. The topological polar surface area (TPSA) is 86.7 Å². The van der Waals surface area contributed by atoms with Gasteiger partial charge in [0.2, 0.25) is 11.8 Å². The third-order valence-corrected chi connectivity index (χ3v) is 5.90. The third kappa shape index (κ3) is 3.62. The van der Waals surface area contributed by atoms with E-state index in [0.29, 0.717) is 16.8 Å². The molecule has 1 aliphatic carbocycles. The zero-order valence-corrected chi connectivity index (χ0v) is 16.7. The molecule has 0 bridgehead atoms. The highest BCUT2D eigenvalue weighted by Gasteiger charge is 2.47. The van der Waals surface area contributed by atoms with Crippen molar-refractivity contribution in [3.05, 3.63) is 29.1 Å². The summed E-state index contributed by atoms with van der Waals surface area (Å²) in [6.07, 6.45) is 1.86. The molecule has 2 atom stereocenters. The van der Waals surface area contributed by atoms with Gasteiger partial charge in [0.25, 0.3) is 0 Å². The Kier molecular flexibility index (Phi) is 5.21. The molecular formula is C21H27FN2O4. The Morgan fingerprint density at radius 2 is 1.96 bits per heavy atom. The molecule has 1 aromatic carbocycles. The Morgan fingerprint density at radius 1 is 1.32 bits per heavy atom. The summed E-state index contributed by atoms with van der Waals surface area (Å²) in [5, 5.41) is 11.6. The molecule has 2 amide bonds. The summed E-state index contributed by atoms with van der Waals surface area (Å²) < 4.78 is 15.1. The summed E-state index contributed by atoms with van der Waals surface area (Å²) >= 11 is 0. The minimum Gasteiger partial charge on any atom is -0.481 e. The van der Waals surface area contributed by atoms with Gasteiger partial charge >= 0.3 is 5.97 Å². The molecule has 1 saturated carbocycles. The minimum absolute atomic E-state index is 0.0604. The van der Waals surface area contributed by atoms with Gasteiger partial charge in [-0.05, 0) is 57.1 Å². The van der Waals surface area contributed by atoms with Gasteiger partial charge in [0, 0.05) is 18.0 Å². The number of carbonyl (C=O) groups excluding carboxylic acids is 2.